The first-order valence-corrected chi connectivity index (χ1v) is 8.94. The van der Waals surface area contributed by atoms with Gasteiger partial charge < -0.3 is 9.47 Å². The van der Waals surface area contributed by atoms with E-state index >= 15 is 0 Å². The molecule has 0 spiro atoms. The summed E-state index contributed by atoms with van der Waals surface area (Å²) in [6, 6.07) is 2.36. The molecule has 0 saturated carbocycles. The third-order valence-electron chi connectivity index (χ3n) is 4.27. The third-order valence-corrected chi connectivity index (χ3v) is 5.09. The Morgan fingerprint density at radius 3 is 3.13 bits per heavy atom. The molecule has 23 heavy (non-hydrogen) atoms. The van der Waals surface area contributed by atoms with Crippen molar-refractivity contribution in [2.75, 3.05) is 11.4 Å². The van der Waals surface area contributed by atoms with E-state index in [1.165, 1.54) is 0 Å². The molecule has 0 aliphatic carbocycles. The first-order valence-electron chi connectivity index (χ1n) is 8.06. The lowest BCUT2D eigenvalue weighted by atomic mass is 10.1. The van der Waals surface area contributed by atoms with Crippen molar-refractivity contribution in [3.05, 3.63) is 29.9 Å². The zero-order valence-corrected chi connectivity index (χ0v) is 14.2. The third kappa shape index (κ3) is 2.59. The van der Waals surface area contributed by atoms with Gasteiger partial charge in [-0.05, 0) is 30.2 Å². The maximum absolute atomic E-state index is 4.58. The smallest absolute Gasteiger partial charge is 0.155 e. The molecule has 1 aliphatic rings. The van der Waals surface area contributed by atoms with Crippen LogP contribution in [0.25, 0.3) is 10.2 Å². The van der Waals surface area contributed by atoms with Crippen LogP contribution in [0.1, 0.15) is 38.6 Å². The fourth-order valence-electron chi connectivity index (χ4n) is 3.35. The number of aromatic nitrogens is 5. The molecule has 4 heterocycles. The topological polar surface area (TPSA) is 59.7 Å². The molecular weight excluding hydrogens is 308 g/mol. The van der Waals surface area contributed by atoms with Crippen molar-refractivity contribution in [1.29, 1.82) is 0 Å². The van der Waals surface area contributed by atoms with Crippen molar-refractivity contribution in [2.45, 2.75) is 39.3 Å². The highest BCUT2D eigenvalue weighted by Gasteiger charge is 2.32. The molecule has 1 saturated heterocycles. The van der Waals surface area contributed by atoms with E-state index in [9.17, 15) is 0 Å². The van der Waals surface area contributed by atoms with Gasteiger partial charge in [-0.2, -0.15) is 0 Å². The van der Waals surface area contributed by atoms with Gasteiger partial charge in [-0.3, -0.25) is 0 Å². The lowest BCUT2D eigenvalue weighted by molar-refractivity contribution is 0.487. The number of anilines is 1. The Hall–Kier alpha value is -2.02. The lowest BCUT2D eigenvalue weighted by Gasteiger charge is -2.26. The van der Waals surface area contributed by atoms with Gasteiger partial charge in [0.15, 0.2) is 5.82 Å². The summed E-state index contributed by atoms with van der Waals surface area (Å²) in [5.41, 5.74) is 0. The highest BCUT2D eigenvalue weighted by Crippen LogP contribution is 2.38. The Morgan fingerprint density at radius 1 is 1.35 bits per heavy atom. The highest BCUT2D eigenvalue weighted by atomic mass is 32.1. The molecule has 0 amide bonds. The van der Waals surface area contributed by atoms with Gasteiger partial charge in [-0.15, -0.1) is 21.5 Å². The van der Waals surface area contributed by atoms with Crippen molar-refractivity contribution < 1.29 is 0 Å². The number of thiophene rings is 1. The minimum Gasteiger partial charge on any atom is -0.346 e. The second-order valence-corrected chi connectivity index (χ2v) is 7.32. The summed E-state index contributed by atoms with van der Waals surface area (Å²) in [6.45, 7) is 6.39. The van der Waals surface area contributed by atoms with Gasteiger partial charge in [-0.1, -0.05) is 13.8 Å². The van der Waals surface area contributed by atoms with Crippen LogP contribution in [-0.4, -0.2) is 31.3 Å². The normalized spacial score (nSPS) is 18.4. The van der Waals surface area contributed by atoms with Crippen molar-refractivity contribution in [3.63, 3.8) is 0 Å². The van der Waals surface area contributed by atoms with Crippen LogP contribution in [0.2, 0.25) is 0 Å². The van der Waals surface area contributed by atoms with Crippen LogP contribution in [0.4, 0.5) is 5.82 Å². The molecule has 1 atom stereocenters. The second kappa shape index (κ2) is 5.88. The van der Waals surface area contributed by atoms with Gasteiger partial charge in [0.1, 0.15) is 23.3 Å². The number of hydrogen-bond donors (Lipinski definition) is 0. The molecule has 0 radical (unpaired) electrons. The van der Waals surface area contributed by atoms with Crippen LogP contribution >= 0.6 is 11.3 Å². The van der Waals surface area contributed by atoms with Gasteiger partial charge in [-0.25, -0.2) is 9.97 Å². The maximum Gasteiger partial charge on any atom is 0.155 e. The number of rotatable bonds is 4. The molecule has 0 N–H and O–H groups in total. The summed E-state index contributed by atoms with van der Waals surface area (Å²) in [7, 11) is 0. The Kier molecular flexibility index (Phi) is 3.72. The summed E-state index contributed by atoms with van der Waals surface area (Å²) >= 11 is 1.66. The first kappa shape index (κ1) is 14.6. The molecule has 0 bridgehead atoms. The molecule has 3 aromatic heterocycles. The predicted molar refractivity (Wildman–Crippen MR) is 91.6 cm³/mol. The zero-order valence-electron chi connectivity index (χ0n) is 13.4. The van der Waals surface area contributed by atoms with E-state index in [4.69, 9.17) is 0 Å². The average Bonchev–Trinajstić information content (AvgIpc) is 3.25. The van der Waals surface area contributed by atoms with E-state index in [-0.39, 0.29) is 6.04 Å². The quantitative estimate of drug-likeness (QED) is 0.735. The first-order chi connectivity index (χ1) is 11.2. The highest BCUT2D eigenvalue weighted by molar-refractivity contribution is 7.16. The molecule has 7 heteroatoms. The lowest BCUT2D eigenvalue weighted by Crippen LogP contribution is -2.26. The number of nitrogens with zero attached hydrogens (tertiary/aromatic N) is 6. The van der Waals surface area contributed by atoms with Gasteiger partial charge in [0.05, 0.1) is 11.4 Å². The Balaban J connectivity index is 1.72. The standard InChI is InChI=1S/C16H20N6S/c1-11(2)8-21-10-19-20-15(21)13-4-3-6-22(13)14-12-5-7-23-16(12)18-9-17-14/h5,7,9-11,13H,3-4,6,8H2,1-2H3. The van der Waals surface area contributed by atoms with Crippen LogP contribution in [-0.2, 0) is 6.54 Å². The monoisotopic (exact) mass is 328 g/mol. The molecule has 0 aromatic carbocycles. The number of fused-ring (bicyclic) bond motifs is 1. The maximum atomic E-state index is 4.58. The molecule has 1 aliphatic heterocycles. The van der Waals surface area contributed by atoms with Crippen molar-refractivity contribution in [2.24, 2.45) is 5.92 Å². The SMILES string of the molecule is CC(C)Cn1cnnc1C1CCCN1c1ncnc2sccc12. The van der Waals surface area contributed by atoms with E-state index in [0.717, 1.165) is 47.8 Å². The second-order valence-electron chi connectivity index (χ2n) is 6.42. The minimum atomic E-state index is 0.245. The molecule has 4 rings (SSSR count). The molecule has 120 valence electrons. The summed E-state index contributed by atoms with van der Waals surface area (Å²) in [4.78, 5) is 12.4. The summed E-state index contributed by atoms with van der Waals surface area (Å²) in [6.07, 6.45) is 5.76. The minimum absolute atomic E-state index is 0.245. The van der Waals surface area contributed by atoms with E-state index in [0.29, 0.717) is 5.92 Å². The molecule has 1 unspecified atom stereocenters. The van der Waals surface area contributed by atoms with Crippen molar-refractivity contribution in [1.82, 2.24) is 24.7 Å². The van der Waals surface area contributed by atoms with Gasteiger partial charge >= 0.3 is 0 Å². The zero-order chi connectivity index (χ0) is 15.8. The summed E-state index contributed by atoms with van der Waals surface area (Å²) in [5.74, 6) is 2.65. The number of hydrogen-bond acceptors (Lipinski definition) is 6. The fraction of sp³-hybridized carbons (Fsp3) is 0.500. The Bertz CT molecular complexity index is 808. The van der Waals surface area contributed by atoms with Crippen LogP contribution in [0, 0.1) is 5.92 Å². The van der Waals surface area contributed by atoms with Gasteiger partial charge in [0.2, 0.25) is 0 Å². The largest absolute Gasteiger partial charge is 0.346 e. The van der Waals surface area contributed by atoms with Crippen molar-refractivity contribution in [3.8, 4) is 0 Å². The molecular formula is C16H20N6S. The summed E-state index contributed by atoms with van der Waals surface area (Å²) in [5, 5.41) is 11.8. The van der Waals surface area contributed by atoms with Crippen LogP contribution in [0.5, 0.6) is 0 Å². The molecule has 6 nitrogen and oxygen atoms in total. The van der Waals surface area contributed by atoms with Crippen molar-refractivity contribution >= 4 is 27.4 Å². The van der Waals surface area contributed by atoms with Crippen LogP contribution < -0.4 is 4.90 Å². The van der Waals surface area contributed by atoms with Crippen LogP contribution in [0.15, 0.2) is 24.1 Å². The van der Waals surface area contributed by atoms with Gasteiger partial charge in [0, 0.05) is 13.1 Å². The van der Waals surface area contributed by atoms with E-state index in [2.05, 4.69) is 54.9 Å². The predicted octanol–water partition coefficient (Wildman–Crippen LogP) is 3.28. The average molecular weight is 328 g/mol. The van der Waals surface area contributed by atoms with Gasteiger partial charge in [0.25, 0.3) is 0 Å². The summed E-state index contributed by atoms with van der Waals surface area (Å²) < 4.78 is 2.19. The fourth-order valence-corrected chi connectivity index (χ4v) is 4.08. The van der Waals surface area contributed by atoms with E-state index in [1.807, 2.05) is 6.33 Å². The Morgan fingerprint density at radius 2 is 2.26 bits per heavy atom. The van der Waals surface area contributed by atoms with Crippen LogP contribution in [0.3, 0.4) is 0 Å². The Labute approximate surface area is 139 Å². The van der Waals surface area contributed by atoms with E-state index in [1.54, 1.807) is 17.7 Å². The molecule has 1 fully saturated rings. The van der Waals surface area contributed by atoms with E-state index < -0.39 is 0 Å². The molecule has 3 aromatic rings.